The number of hydrogen-bond acceptors (Lipinski definition) is 9. The first-order chi connectivity index (χ1) is 12.8. The molecule has 0 radical (unpaired) electrons. The minimum absolute atomic E-state index is 0.101. The summed E-state index contributed by atoms with van der Waals surface area (Å²) in [7, 11) is 0. The van der Waals surface area contributed by atoms with Gasteiger partial charge in [-0.25, -0.2) is 0 Å². The lowest BCUT2D eigenvalue weighted by Crippen LogP contribution is -2.03. The van der Waals surface area contributed by atoms with Gasteiger partial charge in [-0.15, -0.1) is 15.2 Å². The van der Waals surface area contributed by atoms with Crippen LogP contribution in [0.3, 0.4) is 0 Å². The fourth-order valence-electron chi connectivity index (χ4n) is 2.00. The number of nitrogens with zero attached hydrogens (tertiary/aromatic N) is 5. The van der Waals surface area contributed by atoms with Crippen molar-refractivity contribution in [2.75, 3.05) is 5.32 Å². The topological polar surface area (TPSA) is 94.9 Å². The first-order valence-electron chi connectivity index (χ1n) is 7.60. The highest BCUT2D eigenvalue weighted by molar-refractivity contribution is 7.13. The zero-order valence-corrected chi connectivity index (χ0v) is 14.1. The molecule has 0 saturated carbocycles. The number of anilines is 2. The smallest absolute Gasteiger partial charge is 0.330 e. The number of rotatable bonds is 6. The molecule has 4 rings (SSSR count). The van der Waals surface area contributed by atoms with Crippen LogP contribution in [0, 0.1) is 0 Å². The standard InChI is InChI=1S/C17H12N6O2S/c1-3-7-12(8-4-1)24-15-19-14(21-17-23-18-11-26-17)20-16(22-15)25-13-9-5-2-6-10-13/h1-11H,(H,19,20,21,22,23). The highest BCUT2D eigenvalue weighted by Gasteiger charge is 2.12. The van der Waals surface area contributed by atoms with E-state index in [1.807, 2.05) is 36.4 Å². The normalized spacial score (nSPS) is 10.3. The maximum atomic E-state index is 5.70. The fraction of sp³-hybridized carbons (Fsp3) is 0. The Kier molecular flexibility index (Phi) is 4.61. The third-order valence-corrected chi connectivity index (χ3v) is 3.68. The zero-order valence-electron chi connectivity index (χ0n) is 13.3. The average Bonchev–Trinajstić information content (AvgIpc) is 3.16. The number of para-hydroxylation sites is 2. The van der Waals surface area contributed by atoms with Gasteiger partial charge in [0.1, 0.15) is 17.0 Å². The van der Waals surface area contributed by atoms with Crippen LogP contribution in [0.5, 0.6) is 23.5 Å². The second-order valence-electron chi connectivity index (χ2n) is 4.92. The molecule has 9 heteroatoms. The van der Waals surface area contributed by atoms with Crippen molar-refractivity contribution in [1.29, 1.82) is 0 Å². The van der Waals surface area contributed by atoms with Crippen LogP contribution in [0.4, 0.5) is 11.1 Å². The van der Waals surface area contributed by atoms with Gasteiger partial charge < -0.3 is 9.47 Å². The first kappa shape index (κ1) is 15.9. The van der Waals surface area contributed by atoms with E-state index in [0.29, 0.717) is 16.6 Å². The van der Waals surface area contributed by atoms with Crippen LogP contribution in [0.1, 0.15) is 0 Å². The molecule has 0 unspecified atom stereocenters. The largest absolute Gasteiger partial charge is 0.424 e. The van der Waals surface area contributed by atoms with E-state index in [9.17, 15) is 0 Å². The summed E-state index contributed by atoms with van der Waals surface area (Å²) in [5.74, 6) is 1.45. The van der Waals surface area contributed by atoms with Gasteiger partial charge in [0.15, 0.2) is 0 Å². The summed E-state index contributed by atoms with van der Waals surface area (Å²) in [6.45, 7) is 0. The van der Waals surface area contributed by atoms with Crippen LogP contribution < -0.4 is 14.8 Å². The van der Waals surface area contributed by atoms with E-state index in [1.165, 1.54) is 11.3 Å². The van der Waals surface area contributed by atoms with Crippen molar-refractivity contribution < 1.29 is 9.47 Å². The molecular formula is C17H12N6O2S. The zero-order chi connectivity index (χ0) is 17.6. The van der Waals surface area contributed by atoms with Crippen molar-refractivity contribution in [1.82, 2.24) is 25.1 Å². The molecule has 0 amide bonds. The Bertz CT molecular complexity index is 907. The summed E-state index contributed by atoms with van der Waals surface area (Å²) in [5.41, 5.74) is 1.60. The Morgan fingerprint density at radius 2 is 1.31 bits per heavy atom. The van der Waals surface area contributed by atoms with E-state index in [0.717, 1.165) is 0 Å². The summed E-state index contributed by atoms with van der Waals surface area (Å²) < 4.78 is 11.4. The predicted octanol–water partition coefficient (Wildman–Crippen LogP) is 4.05. The Hall–Kier alpha value is -3.59. The maximum Gasteiger partial charge on any atom is 0.330 e. The molecule has 0 spiro atoms. The van der Waals surface area contributed by atoms with Gasteiger partial charge in [0.25, 0.3) is 0 Å². The average molecular weight is 364 g/mol. The first-order valence-corrected chi connectivity index (χ1v) is 8.48. The Labute approximate surface area is 152 Å². The number of nitrogens with one attached hydrogen (secondary N) is 1. The summed E-state index contributed by atoms with van der Waals surface area (Å²) in [4.78, 5) is 12.7. The maximum absolute atomic E-state index is 5.70. The second kappa shape index (κ2) is 7.53. The summed E-state index contributed by atoms with van der Waals surface area (Å²) in [6, 6.07) is 18.7. The van der Waals surface area contributed by atoms with Gasteiger partial charge in [-0.1, -0.05) is 47.7 Å². The minimum atomic E-state index is 0.101. The Morgan fingerprint density at radius 1 is 0.731 bits per heavy atom. The molecular weight excluding hydrogens is 352 g/mol. The number of hydrogen-bond donors (Lipinski definition) is 1. The lowest BCUT2D eigenvalue weighted by molar-refractivity contribution is 0.399. The van der Waals surface area contributed by atoms with Crippen LogP contribution in [0.2, 0.25) is 0 Å². The van der Waals surface area contributed by atoms with Crippen LogP contribution in [-0.4, -0.2) is 25.1 Å². The monoisotopic (exact) mass is 364 g/mol. The van der Waals surface area contributed by atoms with Crippen LogP contribution in [0.25, 0.3) is 0 Å². The van der Waals surface area contributed by atoms with E-state index >= 15 is 0 Å². The van der Waals surface area contributed by atoms with Crippen molar-refractivity contribution in [3.63, 3.8) is 0 Å². The molecule has 0 fully saturated rings. The molecule has 2 aromatic carbocycles. The van der Waals surface area contributed by atoms with Gasteiger partial charge in [0, 0.05) is 0 Å². The van der Waals surface area contributed by atoms with Crippen molar-refractivity contribution in [3.05, 3.63) is 66.2 Å². The third kappa shape index (κ3) is 4.08. The Balaban J connectivity index is 1.64. The highest BCUT2D eigenvalue weighted by Crippen LogP contribution is 2.25. The predicted molar refractivity (Wildman–Crippen MR) is 96.1 cm³/mol. The molecule has 128 valence electrons. The molecule has 0 saturated heterocycles. The van der Waals surface area contributed by atoms with Crippen LogP contribution >= 0.6 is 11.3 Å². The lowest BCUT2D eigenvalue weighted by Gasteiger charge is -2.09. The molecule has 4 aromatic rings. The summed E-state index contributed by atoms with van der Waals surface area (Å²) >= 11 is 1.32. The molecule has 0 atom stereocenters. The van der Waals surface area contributed by atoms with E-state index in [2.05, 4.69) is 30.5 Å². The third-order valence-electron chi connectivity index (χ3n) is 3.08. The van der Waals surface area contributed by atoms with Crippen molar-refractivity contribution in [2.45, 2.75) is 0 Å². The fourth-order valence-corrected chi connectivity index (χ4v) is 2.43. The van der Waals surface area contributed by atoms with E-state index in [-0.39, 0.29) is 18.0 Å². The van der Waals surface area contributed by atoms with Gasteiger partial charge in [0.2, 0.25) is 11.1 Å². The molecule has 1 N–H and O–H groups in total. The second-order valence-corrected chi connectivity index (χ2v) is 5.76. The summed E-state index contributed by atoms with van der Waals surface area (Å²) in [5, 5.41) is 11.2. The molecule has 2 heterocycles. The molecule has 0 bridgehead atoms. The SMILES string of the molecule is c1ccc(Oc2nc(Nc3nncs3)nc(Oc3ccccc3)n2)cc1. The van der Waals surface area contributed by atoms with E-state index < -0.39 is 0 Å². The van der Waals surface area contributed by atoms with Gasteiger partial charge in [0.05, 0.1) is 0 Å². The number of ether oxygens (including phenoxy) is 2. The number of benzene rings is 2. The van der Waals surface area contributed by atoms with Gasteiger partial charge in [-0.3, -0.25) is 5.32 Å². The lowest BCUT2D eigenvalue weighted by atomic mass is 10.3. The van der Waals surface area contributed by atoms with Crippen molar-refractivity contribution >= 4 is 22.4 Å². The van der Waals surface area contributed by atoms with Crippen LogP contribution in [0.15, 0.2) is 66.2 Å². The number of aromatic nitrogens is 5. The van der Waals surface area contributed by atoms with E-state index in [1.54, 1.807) is 29.8 Å². The van der Waals surface area contributed by atoms with Gasteiger partial charge in [-0.2, -0.15) is 9.97 Å². The molecule has 8 nitrogen and oxygen atoms in total. The molecule has 26 heavy (non-hydrogen) atoms. The molecule has 0 aliphatic carbocycles. The molecule has 0 aliphatic rings. The van der Waals surface area contributed by atoms with Crippen molar-refractivity contribution in [2.24, 2.45) is 0 Å². The van der Waals surface area contributed by atoms with E-state index in [4.69, 9.17) is 9.47 Å². The van der Waals surface area contributed by atoms with Crippen LogP contribution in [-0.2, 0) is 0 Å². The molecule has 0 aliphatic heterocycles. The van der Waals surface area contributed by atoms with Gasteiger partial charge in [-0.05, 0) is 24.3 Å². The minimum Gasteiger partial charge on any atom is -0.424 e. The highest BCUT2D eigenvalue weighted by atomic mass is 32.1. The Morgan fingerprint density at radius 3 is 1.81 bits per heavy atom. The summed E-state index contributed by atoms with van der Waals surface area (Å²) in [6.07, 6.45) is 0. The molecule has 2 aromatic heterocycles. The quantitative estimate of drug-likeness (QED) is 0.547. The van der Waals surface area contributed by atoms with Crippen molar-refractivity contribution in [3.8, 4) is 23.5 Å². The van der Waals surface area contributed by atoms with Gasteiger partial charge >= 0.3 is 12.0 Å².